The van der Waals surface area contributed by atoms with E-state index in [0.29, 0.717) is 16.8 Å². The highest BCUT2D eigenvalue weighted by Crippen LogP contribution is 2.38. The molecule has 1 unspecified atom stereocenters. The van der Waals surface area contributed by atoms with Gasteiger partial charge in [-0.05, 0) is 41.5 Å². The molecule has 0 aliphatic heterocycles. The molecule has 4 aromatic rings. The summed E-state index contributed by atoms with van der Waals surface area (Å²) in [4.78, 5) is 35.3. The van der Waals surface area contributed by atoms with Crippen molar-refractivity contribution in [1.82, 2.24) is 15.0 Å². The number of nitro benzene ring substituents is 1. The SMILES string of the molecule is NC(=O)CC(c1cccnc1)c1cc([N+](=O)[O-])cc2c(O)nc(Nc3ccc(F)cc3)nc12. The number of hydrogen-bond acceptors (Lipinski definition) is 8. The van der Waals surface area contributed by atoms with E-state index in [2.05, 4.69) is 20.3 Å². The van der Waals surface area contributed by atoms with Crippen molar-refractivity contribution in [1.29, 1.82) is 0 Å². The van der Waals surface area contributed by atoms with E-state index in [-0.39, 0.29) is 29.0 Å². The number of non-ortho nitro benzene ring substituents is 1. The maximum atomic E-state index is 13.2. The predicted molar refractivity (Wildman–Crippen MR) is 117 cm³/mol. The summed E-state index contributed by atoms with van der Waals surface area (Å²) in [5.74, 6) is -2.30. The number of anilines is 2. The van der Waals surface area contributed by atoms with Crippen molar-refractivity contribution in [2.24, 2.45) is 5.73 Å². The van der Waals surface area contributed by atoms with E-state index in [1.807, 2.05) is 0 Å². The molecule has 0 aliphatic rings. The predicted octanol–water partition coefficient (Wildman–Crippen LogP) is 3.53. The van der Waals surface area contributed by atoms with Crippen LogP contribution in [0, 0.1) is 15.9 Å². The first-order chi connectivity index (χ1) is 15.8. The standard InChI is InChI=1S/C22H17FN6O4/c23-13-3-5-14(6-4-13)26-22-27-20-17(8-15(29(32)33)9-18(20)21(31)28-22)16(10-19(24)30)12-2-1-7-25-11-12/h1-9,11,16H,10H2,(H2,24,30)(H2,26,27,28,31). The van der Waals surface area contributed by atoms with Crippen LogP contribution in [0.1, 0.15) is 23.5 Å². The molecule has 1 amide bonds. The summed E-state index contributed by atoms with van der Waals surface area (Å²) >= 11 is 0. The van der Waals surface area contributed by atoms with Crippen molar-refractivity contribution in [3.05, 3.63) is 88.0 Å². The van der Waals surface area contributed by atoms with Gasteiger partial charge in [-0.1, -0.05) is 6.07 Å². The lowest BCUT2D eigenvalue weighted by Crippen LogP contribution is -2.17. The van der Waals surface area contributed by atoms with Gasteiger partial charge in [-0.2, -0.15) is 4.98 Å². The molecule has 1 atom stereocenters. The summed E-state index contributed by atoms with van der Waals surface area (Å²) < 4.78 is 13.2. The summed E-state index contributed by atoms with van der Waals surface area (Å²) in [7, 11) is 0. The average molecular weight is 448 g/mol. The van der Waals surface area contributed by atoms with E-state index in [0.717, 1.165) is 6.07 Å². The van der Waals surface area contributed by atoms with E-state index in [1.54, 1.807) is 18.3 Å². The lowest BCUT2D eigenvalue weighted by Gasteiger charge is -2.18. The lowest BCUT2D eigenvalue weighted by molar-refractivity contribution is -0.384. The molecule has 33 heavy (non-hydrogen) atoms. The van der Waals surface area contributed by atoms with Crippen LogP contribution >= 0.6 is 0 Å². The van der Waals surface area contributed by atoms with Crippen LogP contribution in [0.15, 0.2) is 60.9 Å². The first kappa shape index (κ1) is 21.6. The Morgan fingerprint density at radius 3 is 2.61 bits per heavy atom. The molecule has 2 aromatic heterocycles. The first-order valence-corrected chi connectivity index (χ1v) is 9.71. The number of pyridine rings is 1. The Morgan fingerprint density at radius 2 is 1.97 bits per heavy atom. The van der Waals surface area contributed by atoms with Gasteiger partial charge in [0.05, 0.1) is 15.8 Å². The number of aromatic nitrogens is 3. The van der Waals surface area contributed by atoms with Crippen LogP contribution < -0.4 is 11.1 Å². The van der Waals surface area contributed by atoms with Gasteiger partial charge >= 0.3 is 0 Å². The van der Waals surface area contributed by atoms with Gasteiger partial charge < -0.3 is 16.2 Å². The van der Waals surface area contributed by atoms with Crippen LogP contribution in [0.3, 0.4) is 0 Å². The van der Waals surface area contributed by atoms with Crippen LogP contribution in [0.5, 0.6) is 5.88 Å². The Labute approximate surface area is 186 Å². The van der Waals surface area contributed by atoms with Gasteiger partial charge in [0.25, 0.3) is 5.69 Å². The zero-order chi connectivity index (χ0) is 23.5. The molecule has 2 heterocycles. The number of hydrogen-bond donors (Lipinski definition) is 3. The summed E-state index contributed by atoms with van der Waals surface area (Å²) in [5, 5.41) is 25.0. The third-order valence-corrected chi connectivity index (χ3v) is 4.97. The largest absolute Gasteiger partial charge is 0.493 e. The monoisotopic (exact) mass is 448 g/mol. The number of halogens is 1. The topological polar surface area (TPSA) is 157 Å². The molecule has 11 heteroatoms. The number of benzene rings is 2. The fourth-order valence-corrected chi connectivity index (χ4v) is 3.51. The molecule has 4 rings (SSSR count). The Balaban J connectivity index is 1.93. The number of nitrogens with two attached hydrogens (primary N) is 1. The molecule has 0 bridgehead atoms. The van der Waals surface area contributed by atoms with Crippen molar-refractivity contribution in [2.45, 2.75) is 12.3 Å². The van der Waals surface area contributed by atoms with Gasteiger partial charge in [-0.25, -0.2) is 9.37 Å². The second-order valence-corrected chi connectivity index (χ2v) is 7.20. The maximum absolute atomic E-state index is 13.2. The second-order valence-electron chi connectivity index (χ2n) is 7.20. The number of rotatable bonds is 7. The molecular formula is C22H17FN6O4. The number of aromatic hydroxyl groups is 1. The highest BCUT2D eigenvalue weighted by atomic mass is 19.1. The van der Waals surface area contributed by atoms with Crippen LogP contribution in [-0.2, 0) is 4.79 Å². The number of fused-ring (bicyclic) bond motifs is 1. The number of carbonyl (C=O) groups is 1. The Kier molecular flexibility index (Phi) is 5.77. The van der Waals surface area contributed by atoms with Crippen molar-refractivity contribution >= 4 is 34.1 Å². The van der Waals surface area contributed by atoms with E-state index in [1.165, 1.54) is 36.5 Å². The number of nitrogens with zero attached hydrogens (tertiary/aromatic N) is 4. The van der Waals surface area contributed by atoms with Crippen molar-refractivity contribution < 1.29 is 19.2 Å². The smallest absolute Gasteiger partial charge is 0.270 e. The third kappa shape index (κ3) is 4.66. The van der Waals surface area contributed by atoms with Crippen molar-refractivity contribution in [2.75, 3.05) is 5.32 Å². The molecule has 0 saturated heterocycles. The fraction of sp³-hybridized carbons (Fsp3) is 0.0909. The lowest BCUT2D eigenvalue weighted by atomic mass is 9.87. The van der Waals surface area contributed by atoms with Gasteiger partial charge in [-0.3, -0.25) is 19.9 Å². The van der Waals surface area contributed by atoms with Crippen LogP contribution in [0.2, 0.25) is 0 Å². The number of nitro groups is 1. The van der Waals surface area contributed by atoms with E-state index in [9.17, 15) is 24.4 Å². The van der Waals surface area contributed by atoms with Gasteiger partial charge in [0, 0.05) is 42.6 Å². The van der Waals surface area contributed by atoms with Gasteiger partial charge in [0.15, 0.2) is 0 Å². The molecule has 0 spiro atoms. The van der Waals surface area contributed by atoms with Gasteiger partial charge in [0.1, 0.15) is 5.82 Å². The average Bonchev–Trinajstić information content (AvgIpc) is 2.79. The summed E-state index contributed by atoms with van der Waals surface area (Å²) in [6.07, 6.45) is 2.90. The van der Waals surface area contributed by atoms with Crippen LogP contribution in [-0.4, -0.2) is 30.9 Å². The molecule has 0 saturated carbocycles. The van der Waals surface area contributed by atoms with Crippen LogP contribution in [0.4, 0.5) is 21.7 Å². The zero-order valence-electron chi connectivity index (χ0n) is 17.0. The second kappa shape index (κ2) is 8.83. The van der Waals surface area contributed by atoms with E-state index >= 15 is 0 Å². The highest BCUT2D eigenvalue weighted by molar-refractivity contribution is 5.91. The minimum absolute atomic E-state index is 0.0225. The van der Waals surface area contributed by atoms with E-state index in [4.69, 9.17) is 5.73 Å². The van der Waals surface area contributed by atoms with Crippen molar-refractivity contribution in [3.8, 4) is 5.88 Å². The minimum Gasteiger partial charge on any atom is -0.493 e. The Morgan fingerprint density at radius 1 is 1.21 bits per heavy atom. The minimum atomic E-state index is -0.716. The molecular weight excluding hydrogens is 431 g/mol. The maximum Gasteiger partial charge on any atom is 0.270 e. The van der Waals surface area contributed by atoms with Gasteiger partial charge in [0.2, 0.25) is 17.7 Å². The fourth-order valence-electron chi connectivity index (χ4n) is 3.51. The number of amides is 1. The first-order valence-electron chi connectivity index (χ1n) is 9.71. The number of primary amides is 1. The Hall–Kier alpha value is -4.67. The van der Waals surface area contributed by atoms with E-state index < -0.39 is 28.4 Å². The zero-order valence-corrected chi connectivity index (χ0v) is 17.0. The highest BCUT2D eigenvalue weighted by Gasteiger charge is 2.25. The normalized spacial score (nSPS) is 11.8. The summed E-state index contributed by atoms with van der Waals surface area (Å²) in [6.45, 7) is 0. The van der Waals surface area contributed by atoms with Crippen LogP contribution in [0.25, 0.3) is 10.9 Å². The summed E-state index contributed by atoms with van der Waals surface area (Å²) in [6, 6.07) is 11.2. The van der Waals surface area contributed by atoms with Gasteiger partial charge in [-0.15, -0.1) is 0 Å². The summed E-state index contributed by atoms with van der Waals surface area (Å²) in [5.41, 5.74) is 6.68. The molecule has 166 valence electrons. The molecule has 4 N–H and O–H groups in total. The molecule has 0 radical (unpaired) electrons. The third-order valence-electron chi connectivity index (χ3n) is 4.97. The quantitative estimate of drug-likeness (QED) is 0.286. The van der Waals surface area contributed by atoms with Crippen molar-refractivity contribution in [3.63, 3.8) is 0 Å². The molecule has 2 aromatic carbocycles. The molecule has 0 fully saturated rings. The molecule has 0 aliphatic carbocycles. The number of carbonyl (C=O) groups excluding carboxylic acids is 1. The Bertz CT molecular complexity index is 1350. The number of nitrogens with one attached hydrogen (secondary N) is 1. The molecule has 10 nitrogen and oxygen atoms in total.